The number of esters is 1. The van der Waals surface area contributed by atoms with Crippen LogP contribution in [0.2, 0.25) is 0 Å². The summed E-state index contributed by atoms with van der Waals surface area (Å²) in [7, 11) is -18.0. The molecule has 28 heavy (non-hydrogen) atoms. The van der Waals surface area contributed by atoms with Gasteiger partial charge in [-0.05, 0) is 6.92 Å². The van der Waals surface area contributed by atoms with E-state index in [4.69, 9.17) is 5.11 Å². The van der Waals surface area contributed by atoms with E-state index < -0.39 is 33.7 Å². The SMILES string of the molecule is CC=CCOC(=O)/C=C\C(=O)O.F[B-](F)(F)F.F[B-](F)(F)F.F[B-](F)(F)F.[LiH]. The summed E-state index contributed by atoms with van der Waals surface area (Å²) in [6.07, 6.45) is 4.98. The topological polar surface area (TPSA) is 63.6 Å². The van der Waals surface area contributed by atoms with Crippen LogP contribution in [0.25, 0.3) is 0 Å². The van der Waals surface area contributed by atoms with Gasteiger partial charge in [0.05, 0.1) is 0 Å². The quantitative estimate of drug-likeness (QED) is 0.237. The number of carbonyl (C=O) groups excluding carboxylic acids is 1. The van der Waals surface area contributed by atoms with Crippen molar-refractivity contribution in [2.45, 2.75) is 6.92 Å². The van der Waals surface area contributed by atoms with Gasteiger partial charge in [0.15, 0.2) is 0 Å². The predicted octanol–water partition coefficient (Wildman–Crippen LogP) is 4.00. The number of carboxylic acid groups (broad SMARTS) is 1. The van der Waals surface area contributed by atoms with E-state index in [1.807, 2.05) is 0 Å². The molecule has 0 aliphatic carbocycles. The van der Waals surface area contributed by atoms with E-state index in [0.717, 1.165) is 12.2 Å². The van der Waals surface area contributed by atoms with Gasteiger partial charge >= 0.3 is 52.6 Å². The summed E-state index contributed by atoms with van der Waals surface area (Å²) in [5.74, 6) is -1.83. The molecule has 0 aromatic carbocycles. The molecule has 0 bridgehead atoms. The summed E-state index contributed by atoms with van der Waals surface area (Å²) < 4.78 is 122. The fourth-order valence-corrected chi connectivity index (χ4v) is 0.414. The van der Waals surface area contributed by atoms with Crippen molar-refractivity contribution < 1.29 is 71.2 Å². The van der Waals surface area contributed by atoms with Crippen molar-refractivity contribution in [1.82, 2.24) is 0 Å². The number of hydrogen-bond acceptors (Lipinski definition) is 3. The Hall–Kier alpha value is -1.63. The van der Waals surface area contributed by atoms with E-state index in [1.165, 1.54) is 0 Å². The van der Waals surface area contributed by atoms with Gasteiger partial charge in [0.25, 0.3) is 0 Å². The fraction of sp³-hybridized carbons (Fsp3) is 0.250. The monoisotopic (exact) mass is 439 g/mol. The van der Waals surface area contributed by atoms with Gasteiger partial charge in [0, 0.05) is 12.2 Å². The van der Waals surface area contributed by atoms with Crippen LogP contribution in [0.4, 0.5) is 51.8 Å². The van der Waals surface area contributed by atoms with Crippen molar-refractivity contribution in [2.75, 3.05) is 6.61 Å². The first-order chi connectivity index (χ1) is 11.7. The van der Waals surface area contributed by atoms with Gasteiger partial charge in [0.2, 0.25) is 0 Å². The van der Waals surface area contributed by atoms with Crippen LogP contribution in [-0.2, 0) is 14.3 Å². The second kappa shape index (κ2) is 18.7. The van der Waals surface area contributed by atoms with Crippen LogP contribution < -0.4 is 0 Å². The first-order valence-corrected chi connectivity index (χ1v) is 5.97. The molecule has 4 nitrogen and oxygen atoms in total. The number of ether oxygens (including phenoxy) is 1. The zero-order valence-corrected chi connectivity index (χ0v) is 13.0. The van der Waals surface area contributed by atoms with E-state index in [9.17, 15) is 61.4 Å². The molecule has 0 aliphatic rings. The van der Waals surface area contributed by atoms with Gasteiger partial charge in [0.1, 0.15) is 6.61 Å². The van der Waals surface area contributed by atoms with Crippen LogP contribution >= 0.6 is 0 Å². The Kier molecular flexibility index (Phi) is 24.9. The summed E-state index contributed by atoms with van der Waals surface area (Å²) >= 11 is 0. The molecule has 0 saturated heterocycles. The Morgan fingerprint density at radius 1 is 0.786 bits per heavy atom. The number of carboxylic acids is 1. The Labute approximate surface area is 162 Å². The maximum absolute atomic E-state index is 10.6. The Morgan fingerprint density at radius 2 is 1.07 bits per heavy atom. The van der Waals surface area contributed by atoms with Crippen LogP contribution in [0.5, 0.6) is 0 Å². The maximum atomic E-state index is 10.6. The third-order valence-electron chi connectivity index (χ3n) is 0.920. The number of aliphatic carboxylic acids is 1. The minimum absolute atomic E-state index is 0. The molecule has 0 fully saturated rings. The minimum atomic E-state index is -6.00. The summed E-state index contributed by atoms with van der Waals surface area (Å²) in [5, 5.41) is 8.13. The molecule has 0 aliphatic heterocycles. The first-order valence-electron chi connectivity index (χ1n) is 5.97. The van der Waals surface area contributed by atoms with Crippen molar-refractivity contribution in [3.63, 3.8) is 0 Å². The van der Waals surface area contributed by atoms with Crippen molar-refractivity contribution in [1.29, 1.82) is 0 Å². The van der Waals surface area contributed by atoms with Crippen LogP contribution in [0.3, 0.4) is 0 Å². The predicted molar refractivity (Wildman–Crippen MR) is 80.3 cm³/mol. The average molecular weight is 439 g/mol. The average Bonchev–Trinajstić information content (AvgIpc) is 2.30. The molecule has 1 N–H and O–H groups in total. The molecule has 0 aromatic rings. The molecule has 0 atom stereocenters. The molecule has 0 spiro atoms. The second-order valence-corrected chi connectivity index (χ2v) is 3.36. The van der Waals surface area contributed by atoms with Crippen molar-refractivity contribution in [3.05, 3.63) is 24.3 Å². The normalized spacial score (nSPS) is 11.0. The number of allylic oxidation sites excluding steroid dienone is 1. The molecule has 0 saturated carbocycles. The van der Waals surface area contributed by atoms with Gasteiger partial charge in [-0.3, -0.25) is 0 Å². The van der Waals surface area contributed by atoms with Crippen molar-refractivity contribution in [3.8, 4) is 0 Å². The number of hydrogen-bond donors (Lipinski definition) is 1. The number of carbonyl (C=O) groups is 2. The summed E-state index contributed by atoms with van der Waals surface area (Å²) in [5.41, 5.74) is 0. The fourth-order valence-electron chi connectivity index (χ4n) is 0.414. The molecular weight excluding hydrogens is 427 g/mol. The number of rotatable bonds is 4. The van der Waals surface area contributed by atoms with E-state index >= 15 is 0 Å². The Morgan fingerprint density at radius 3 is 1.29 bits per heavy atom. The van der Waals surface area contributed by atoms with Gasteiger partial charge in [-0.1, -0.05) is 12.2 Å². The third kappa shape index (κ3) is 190. The summed E-state index contributed by atoms with van der Waals surface area (Å²) in [6.45, 7) is 1.96. The van der Waals surface area contributed by atoms with Crippen LogP contribution in [-0.4, -0.2) is 64.3 Å². The van der Waals surface area contributed by atoms with Gasteiger partial charge in [-0.25, -0.2) is 9.59 Å². The molecule has 20 heteroatoms. The van der Waals surface area contributed by atoms with E-state index in [2.05, 4.69) is 4.74 Å². The molecule has 0 rings (SSSR count). The Balaban J connectivity index is -0.0000000927. The molecule has 0 aromatic heterocycles. The molecule has 0 amide bonds. The van der Waals surface area contributed by atoms with Crippen LogP contribution in [0.15, 0.2) is 24.3 Å². The van der Waals surface area contributed by atoms with Crippen molar-refractivity contribution >= 4 is 52.6 Å². The zero-order valence-electron chi connectivity index (χ0n) is 13.0. The van der Waals surface area contributed by atoms with Gasteiger partial charge < -0.3 is 61.6 Å². The molecule has 0 radical (unpaired) electrons. The summed E-state index contributed by atoms with van der Waals surface area (Å²) in [6, 6.07) is 0. The van der Waals surface area contributed by atoms with E-state index in [-0.39, 0.29) is 25.5 Å². The standard InChI is InChI=1S/C8H10O4.3BF4.Li.H/c1-2-3-6-12-8(11)5-4-7(9)10;3*2-1(3,4)5;;/h2-5H,6H2,1H3,(H,9,10);;;;;/q;3*-1;;/b3-2?,5-4-;;;;;. The molecule has 164 valence electrons. The van der Waals surface area contributed by atoms with Crippen LogP contribution in [0.1, 0.15) is 6.92 Å². The van der Waals surface area contributed by atoms with E-state index in [0.29, 0.717) is 0 Å². The molecular formula is C8H11B3F12LiO4-3. The molecule has 0 heterocycles. The van der Waals surface area contributed by atoms with Crippen molar-refractivity contribution in [2.24, 2.45) is 0 Å². The molecule has 0 unspecified atom stereocenters. The second-order valence-electron chi connectivity index (χ2n) is 3.36. The van der Waals surface area contributed by atoms with Gasteiger partial charge in [-0.15, -0.1) is 0 Å². The summed E-state index contributed by atoms with van der Waals surface area (Å²) in [4.78, 5) is 20.5. The first kappa shape index (κ1) is 37.2. The Bertz CT molecular complexity index is 417. The van der Waals surface area contributed by atoms with Crippen LogP contribution in [0, 0.1) is 0 Å². The zero-order chi connectivity index (χ0) is 22.9. The number of halogens is 12. The van der Waals surface area contributed by atoms with Gasteiger partial charge in [-0.2, -0.15) is 0 Å². The third-order valence-corrected chi connectivity index (χ3v) is 0.920. The van der Waals surface area contributed by atoms with E-state index in [1.54, 1.807) is 19.1 Å².